The Hall–Kier alpha value is -2.10. The molecule has 0 bridgehead atoms. The number of aromatic nitrogens is 1. The second-order valence-electron chi connectivity index (χ2n) is 3.82. The van der Waals surface area contributed by atoms with Crippen molar-refractivity contribution in [1.82, 2.24) is 10.3 Å². The lowest BCUT2D eigenvalue weighted by Gasteiger charge is -2.05. The first-order chi connectivity index (χ1) is 8.27. The second-order valence-corrected chi connectivity index (χ2v) is 3.82. The fraction of sp³-hybridized carbons (Fsp3) is 0.231. The highest BCUT2D eigenvalue weighted by atomic mass is 16.4. The van der Waals surface area contributed by atoms with Gasteiger partial charge in [-0.25, -0.2) is 4.79 Å². The number of fused-ring (bicyclic) bond motifs is 1. The van der Waals surface area contributed by atoms with Crippen LogP contribution in [0.2, 0.25) is 0 Å². The quantitative estimate of drug-likeness (QED) is 0.793. The van der Waals surface area contributed by atoms with Crippen LogP contribution in [0, 0.1) is 0 Å². The molecule has 1 heterocycles. The summed E-state index contributed by atoms with van der Waals surface area (Å²) in [6.45, 7) is 0.478. The Morgan fingerprint density at radius 2 is 2.12 bits per heavy atom. The molecule has 0 saturated heterocycles. The van der Waals surface area contributed by atoms with E-state index in [1.807, 2.05) is 30.3 Å². The lowest BCUT2D eigenvalue weighted by molar-refractivity contribution is 0.194. The average Bonchev–Trinajstić information content (AvgIpc) is 2.34. The predicted molar refractivity (Wildman–Crippen MR) is 66.1 cm³/mol. The zero-order valence-corrected chi connectivity index (χ0v) is 9.39. The number of pyridine rings is 1. The summed E-state index contributed by atoms with van der Waals surface area (Å²) in [6, 6.07) is 9.97. The molecule has 2 rings (SSSR count). The van der Waals surface area contributed by atoms with E-state index in [2.05, 4.69) is 10.3 Å². The summed E-state index contributed by atoms with van der Waals surface area (Å²) in [7, 11) is 0. The predicted octanol–water partition coefficient (Wildman–Crippen LogP) is 2.44. The van der Waals surface area contributed by atoms with Gasteiger partial charge in [-0.2, -0.15) is 0 Å². The van der Waals surface area contributed by atoms with Crippen LogP contribution in [0.3, 0.4) is 0 Å². The average molecular weight is 230 g/mol. The van der Waals surface area contributed by atoms with Gasteiger partial charge in [0.05, 0.1) is 5.52 Å². The molecule has 2 aromatic rings. The van der Waals surface area contributed by atoms with Crippen LogP contribution in [0.15, 0.2) is 36.5 Å². The van der Waals surface area contributed by atoms with Crippen LogP contribution in [0.1, 0.15) is 12.0 Å². The van der Waals surface area contributed by atoms with Gasteiger partial charge in [0.2, 0.25) is 0 Å². The van der Waals surface area contributed by atoms with Gasteiger partial charge in [0.1, 0.15) is 0 Å². The van der Waals surface area contributed by atoms with Crippen LogP contribution in [-0.4, -0.2) is 22.7 Å². The molecule has 0 aliphatic carbocycles. The van der Waals surface area contributed by atoms with Crippen LogP contribution in [-0.2, 0) is 6.42 Å². The minimum Gasteiger partial charge on any atom is -0.465 e. The normalized spacial score (nSPS) is 10.4. The standard InChI is InChI=1S/C13H14N2O2/c16-13(17)15-8-3-4-10-7-9-14-12-6-2-1-5-11(10)12/h1-2,5-7,9,15H,3-4,8H2,(H,16,17). The molecule has 0 saturated carbocycles. The van der Waals surface area contributed by atoms with Crippen LogP contribution in [0.4, 0.5) is 4.79 Å². The van der Waals surface area contributed by atoms with Crippen molar-refractivity contribution in [1.29, 1.82) is 0 Å². The SMILES string of the molecule is O=C(O)NCCCc1ccnc2ccccc12. The number of carboxylic acid groups (broad SMARTS) is 1. The molecular weight excluding hydrogens is 216 g/mol. The number of nitrogens with one attached hydrogen (secondary N) is 1. The summed E-state index contributed by atoms with van der Waals surface area (Å²) in [5, 5.41) is 12.0. The summed E-state index contributed by atoms with van der Waals surface area (Å²) in [5.74, 6) is 0. The molecule has 0 atom stereocenters. The summed E-state index contributed by atoms with van der Waals surface area (Å²) < 4.78 is 0. The number of hydrogen-bond donors (Lipinski definition) is 2. The smallest absolute Gasteiger partial charge is 0.404 e. The molecule has 17 heavy (non-hydrogen) atoms. The number of amides is 1. The van der Waals surface area contributed by atoms with Gasteiger partial charge in [-0.05, 0) is 30.5 Å². The number of para-hydroxylation sites is 1. The van der Waals surface area contributed by atoms with Gasteiger partial charge in [-0.15, -0.1) is 0 Å². The third kappa shape index (κ3) is 2.93. The largest absolute Gasteiger partial charge is 0.465 e. The van der Waals surface area contributed by atoms with E-state index in [-0.39, 0.29) is 0 Å². The number of hydrogen-bond acceptors (Lipinski definition) is 2. The highest BCUT2D eigenvalue weighted by molar-refractivity contribution is 5.81. The van der Waals surface area contributed by atoms with E-state index < -0.39 is 6.09 Å². The Morgan fingerprint density at radius 1 is 1.29 bits per heavy atom. The van der Waals surface area contributed by atoms with Gasteiger partial charge >= 0.3 is 6.09 Å². The van der Waals surface area contributed by atoms with Crippen molar-refractivity contribution in [2.24, 2.45) is 0 Å². The number of benzene rings is 1. The topological polar surface area (TPSA) is 62.2 Å². The number of rotatable bonds is 4. The lowest BCUT2D eigenvalue weighted by Crippen LogP contribution is -2.22. The van der Waals surface area contributed by atoms with Crippen molar-refractivity contribution >= 4 is 17.0 Å². The van der Waals surface area contributed by atoms with Crippen molar-refractivity contribution in [3.05, 3.63) is 42.1 Å². The highest BCUT2D eigenvalue weighted by Crippen LogP contribution is 2.17. The molecule has 1 aromatic heterocycles. The van der Waals surface area contributed by atoms with Crippen LogP contribution in [0.25, 0.3) is 10.9 Å². The Bertz CT molecular complexity index is 520. The first kappa shape index (κ1) is 11.4. The molecule has 0 aliphatic rings. The molecule has 0 unspecified atom stereocenters. The summed E-state index contributed by atoms with van der Waals surface area (Å²) in [6.07, 6.45) is 2.47. The maximum absolute atomic E-state index is 10.3. The minimum absolute atomic E-state index is 0.478. The second kappa shape index (κ2) is 5.30. The molecule has 0 radical (unpaired) electrons. The number of carbonyl (C=O) groups is 1. The monoisotopic (exact) mass is 230 g/mol. The molecule has 0 spiro atoms. The van der Waals surface area contributed by atoms with Gasteiger partial charge < -0.3 is 10.4 Å². The Balaban J connectivity index is 2.05. The zero-order chi connectivity index (χ0) is 12.1. The molecule has 2 N–H and O–H groups in total. The third-order valence-electron chi connectivity index (χ3n) is 2.64. The fourth-order valence-electron chi connectivity index (χ4n) is 1.85. The Labute approximate surface area is 99.3 Å². The Morgan fingerprint density at radius 3 is 2.94 bits per heavy atom. The Kier molecular flexibility index (Phi) is 3.55. The van der Waals surface area contributed by atoms with Crippen molar-refractivity contribution < 1.29 is 9.90 Å². The maximum Gasteiger partial charge on any atom is 0.404 e. The lowest BCUT2D eigenvalue weighted by atomic mass is 10.0. The summed E-state index contributed by atoms with van der Waals surface area (Å²) in [5.41, 5.74) is 2.19. The van der Waals surface area contributed by atoms with E-state index in [1.54, 1.807) is 6.20 Å². The van der Waals surface area contributed by atoms with Crippen molar-refractivity contribution in [3.8, 4) is 0 Å². The van der Waals surface area contributed by atoms with Gasteiger partial charge in [0.15, 0.2) is 0 Å². The number of aryl methyl sites for hydroxylation is 1. The maximum atomic E-state index is 10.3. The van der Waals surface area contributed by atoms with E-state index in [4.69, 9.17) is 5.11 Å². The van der Waals surface area contributed by atoms with Gasteiger partial charge in [-0.1, -0.05) is 18.2 Å². The van der Waals surface area contributed by atoms with E-state index >= 15 is 0 Å². The van der Waals surface area contributed by atoms with Gasteiger partial charge in [0.25, 0.3) is 0 Å². The molecule has 1 aromatic carbocycles. The molecule has 1 amide bonds. The van der Waals surface area contributed by atoms with Gasteiger partial charge in [-0.3, -0.25) is 4.98 Å². The molecule has 0 aliphatic heterocycles. The molecular formula is C13H14N2O2. The van der Waals surface area contributed by atoms with E-state index in [1.165, 1.54) is 5.56 Å². The highest BCUT2D eigenvalue weighted by Gasteiger charge is 2.01. The first-order valence-corrected chi connectivity index (χ1v) is 5.57. The van der Waals surface area contributed by atoms with Crippen LogP contribution >= 0.6 is 0 Å². The third-order valence-corrected chi connectivity index (χ3v) is 2.64. The molecule has 4 nitrogen and oxygen atoms in total. The van der Waals surface area contributed by atoms with Crippen molar-refractivity contribution in [2.75, 3.05) is 6.54 Å². The molecule has 4 heteroatoms. The minimum atomic E-state index is -0.968. The summed E-state index contributed by atoms with van der Waals surface area (Å²) >= 11 is 0. The van der Waals surface area contributed by atoms with E-state index in [9.17, 15) is 4.79 Å². The fourth-order valence-corrected chi connectivity index (χ4v) is 1.85. The zero-order valence-electron chi connectivity index (χ0n) is 9.39. The molecule has 88 valence electrons. The van der Waals surface area contributed by atoms with E-state index in [0.717, 1.165) is 23.7 Å². The van der Waals surface area contributed by atoms with Crippen LogP contribution in [0.5, 0.6) is 0 Å². The first-order valence-electron chi connectivity index (χ1n) is 5.57. The van der Waals surface area contributed by atoms with E-state index in [0.29, 0.717) is 6.54 Å². The number of nitrogens with zero attached hydrogens (tertiary/aromatic N) is 1. The van der Waals surface area contributed by atoms with Crippen molar-refractivity contribution in [3.63, 3.8) is 0 Å². The van der Waals surface area contributed by atoms with Crippen molar-refractivity contribution in [2.45, 2.75) is 12.8 Å². The van der Waals surface area contributed by atoms with Gasteiger partial charge in [0, 0.05) is 18.1 Å². The molecule has 0 fully saturated rings. The summed E-state index contributed by atoms with van der Waals surface area (Å²) in [4.78, 5) is 14.6. The van der Waals surface area contributed by atoms with Crippen LogP contribution < -0.4 is 5.32 Å².